The smallest absolute Gasteiger partial charge is 0.0156 e. The van der Waals surface area contributed by atoms with Crippen LogP contribution in [0.5, 0.6) is 0 Å². The summed E-state index contributed by atoms with van der Waals surface area (Å²) in [5.74, 6) is 1.04. The molecule has 1 nitrogen and oxygen atoms in total. The van der Waals surface area contributed by atoms with E-state index in [4.69, 9.17) is 0 Å². The molecule has 2 aliphatic rings. The van der Waals surface area contributed by atoms with Crippen molar-refractivity contribution in [2.75, 3.05) is 6.54 Å². The van der Waals surface area contributed by atoms with Crippen LogP contribution in [0, 0.1) is 5.92 Å². The predicted molar refractivity (Wildman–Crippen MR) is 61.4 cm³/mol. The largest absolute Gasteiger partial charge is 0.295 e. The topological polar surface area (TPSA) is 3.24 Å². The van der Waals surface area contributed by atoms with E-state index >= 15 is 0 Å². The average molecular weight is 195 g/mol. The zero-order chi connectivity index (χ0) is 10.2. The monoisotopic (exact) mass is 195 g/mol. The molecule has 1 aliphatic heterocycles. The number of piperidine rings is 1. The fraction of sp³-hybridized carbons (Fsp3) is 1.00. The van der Waals surface area contributed by atoms with Gasteiger partial charge in [0.05, 0.1) is 0 Å². The van der Waals surface area contributed by atoms with Crippen molar-refractivity contribution < 1.29 is 0 Å². The second-order valence-electron chi connectivity index (χ2n) is 5.90. The maximum absolute atomic E-state index is 2.80. The third-order valence-corrected chi connectivity index (χ3v) is 4.33. The van der Waals surface area contributed by atoms with Gasteiger partial charge in [0.15, 0.2) is 0 Å². The molecule has 14 heavy (non-hydrogen) atoms. The summed E-state index contributed by atoms with van der Waals surface area (Å²) in [5.41, 5.74) is 0.468. The Hall–Kier alpha value is -0.0400. The molecule has 0 aromatic rings. The standard InChI is InChI=1S/C13H25N/c1-4-5-8-13(2,3)14-10-11-6-7-12(14)9-11/h11-12H,4-10H2,1-3H3. The minimum atomic E-state index is 0.468. The van der Waals surface area contributed by atoms with Crippen molar-refractivity contribution in [2.45, 2.75) is 70.9 Å². The van der Waals surface area contributed by atoms with Crippen LogP contribution in [-0.4, -0.2) is 23.0 Å². The number of hydrogen-bond acceptors (Lipinski definition) is 1. The van der Waals surface area contributed by atoms with Crippen molar-refractivity contribution in [2.24, 2.45) is 5.92 Å². The zero-order valence-corrected chi connectivity index (χ0v) is 10.1. The number of likely N-dealkylation sites (tertiary alicyclic amines) is 1. The van der Waals surface area contributed by atoms with Crippen LogP contribution < -0.4 is 0 Å². The zero-order valence-electron chi connectivity index (χ0n) is 10.1. The quantitative estimate of drug-likeness (QED) is 0.664. The van der Waals surface area contributed by atoms with E-state index in [1.165, 1.54) is 45.1 Å². The van der Waals surface area contributed by atoms with E-state index in [1.54, 1.807) is 0 Å². The van der Waals surface area contributed by atoms with Gasteiger partial charge in [0.2, 0.25) is 0 Å². The van der Waals surface area contributed by atoms with Crippen LogP contribution in [0.3, 0.4) is 0 Å². The Balaban J connectivity index is 1.93. The summed E-state index contributed by atoms with van der Waals surface area (Å²) in [6, 6.07) is 0.937. The Bertz CT molecular complexity index is 197. The third-order valence-electron chi connectivity index (χ3n) is 4.33. The van der Waals surface area contributed by atoms with Gasteiger partial charge in [-0.05, 0) is 45.4 Å². The summed E-state index contributed by atoms with van der Waals surface area (Å²) >= 11 is 0. The van der Waals surface area contributed by atoms with Crippen molar-refractivity contribution in [3.63, 3.8) is 0 Å². The van der Waals surface area contributed by atoms with Gasteiger partial charge in [-0.1, -0.05) is 19.8 Å². The lowest BCUT2D eigenvalue weighted by Gasteiger charge is -2.41. The molecule has 1 heteroatoms. The Morgan fingerprint density at radius 1 is 1.29 bits per heavy atom. The van der Waals surface area contributed by atoms with Crippen molar-refractivity contribution in [1.29, 1.82) is 0 Å². The van der Waals surface area contributed by atoms with Gasteiger partial charge in [-0.15, -0.1) is 0 Å². The van der Waals surface area contributed by atoms with Gasteiger partial charge < -0.3 is 0 Å². The van der Waals surface area contributed by atoms with Crippen molar-refractivity contribution in [3.8, 4) is 0 Å². The van der Waals surface area contributed by atoms with Gasteiger partial charge in [-0.25, -0.2) is 0 Å². The summed E-state index contributed by atoms with van der Waals surface area (Å²) in [6.07, 6.45) is 8.58. The molecule has 1 saturated carbocycles. The Morgan fingerprint density at radius 2 is 2.07 bits per heavy atom. The summed E-state index contributed by atoms with van der Waals surface area (Å²) in [4.78, 5) is 2.80. The van der Waals surface area contributed by atoms with E-state index < -0.39 is 0 Å². The molecule has 2 fully saturated rings. The second kappa shape index (κ2) is 3.84. The first-order valence-electron chi connectivity index (χ1n) is 6.40. The lowest BCUT2D eigenvalue weighted by molar-refractivity contribution is 0.0738. The van der Waals surface area contributed by atoms with E-state index in [0.717, 1.165) is 12.0 Å². The molecule has 2 unspecified atom stereocenters. The number of fused-ring (bicyclic) bond motifs is 2. The van der Waals surface area contributed by atoms with Crippen LogP contribution in [0.1, 0.15) is 59.3 Å². The molecule has 0 aromatic carbocycles. The molecule has 82 valence electrons. The molecule has 2 bridgehead atoms. The number of rotatable bonds is 4. The SMILES string of the molecule is CCCCC(C)(C)N1CC2CCC1C2. The minimum absolute atomic E-state index is 0.468. The van der Waals surface area contributed by atoms with Gasteiger partial charge in [-0.3, -0.25) is 4.90 Å². The van der Waals surface area contributed by atoms with E-state index in [-0.39, 0.29) is 0 Å². The fourth-order valence-corrected chi connectivity index (χ4v) is 3.42. The van der Waals surface area contributed by atoms with Gasteiger partial charge in [0.25, 0.3) is 0 Å². The summed E-state index contributed by atoms with van der Waals surface area (Å²) < 4.78 is 0. The Labute approximate surface area is 88.9 Å². The molecule has 0 radical (unpaired) electrons. The molecule has 0 aromatic heterocycles. The summed E-state index contributed by atoms with van der Waals surface area (Å²) in [6.45, 7) is 8.58. The maximum Gasteiger partial charge on any atom is 0.0156 e. The molecule has 2 atom stereocenters. The Morgan fingerprint density at radius 3 is 2.57 bits per heavy atom. The first kappa shape index (κ1) is 10.5. The van der Waals surface area contributed by atoms with E-state index in [1.807, 2.05) is 0 Å². The van der Waals surface area contributed by atoms with Crippen molar-refractivity contribution in [3.05, 3.63) is 0 Å². The molecule has 2 rings (SSSR count). The molecule has 1 saturated heterocycles. The highest BCUT2D eigenvalue weighted by atomic mass is 15.2. The summed E-state index contributed by atoms with van der Waals surface area (Å²) in [7, 11) is 0. The fourth-order valence-electron chi connectivity index (χ4n) is 3.42. The van der Waals surface area contributed by atoms with Crippen LogP contribution in [0.2, 0.25) is 0 Å². The second-order valence-corrected chi connectivity index (χ2v) is 5.90. The molecule has 0 spiro atoms. The molecule has 1 aliphatic carbocycles. The highest BCUT2D eigenvalue weighted by Crippen LogP contribution is 2.42. The van der Waals surface area contributed by atoms with Gasteiger partial charge in [0.1, 0.15) is 0 Å². The van der Waals surface area contributed by atoms with Crippen molar-refractivity contribution in [1.82, 2.24) is 4.90 Å². The minimum Gasteiger partial charge on any atom is -0.295 e. The van der Waals surface area contributed by atoms with Crippen LogP contribution in [-0.2, 0) is 0 Å². The van der Waals surface area contributed by atoms with E-state index in [9.17, 15) is 0 Å². The highest BCUT2D eigenvalue weighted by molar-refractivity contribution is 4.98. The van der Waals surface area contributed by atoms with E-state index in [2.05, 4.69) is 25.7 Å². The normalized spacial score (nSPS) is 32.8. The van der Waals surface area contributed by atoms with Crippen LogP contribution in [0.15, 0.2) is 0 Å². The summed E-state index contributed by atoms with van der Waals surface area (Å²) in [5, 5.41) is 0. The van der Waals surface area contributed by atoms with Gasteiger partial charge in [-0.2, -0.15) is 0 Å². The first-order chi connectivity index (χ1) is 6.63. The number of hydrogen-bond donors (Lipinski definition) is 0. The van der Waals surface area contributed by atoms with Gasteiger partial charge >= 0.3 is 0 Å². The lowest BCUT2D eigenvalue weighted by Crippen LogP contribution is -2.48. The lowest BCUT2D eigenvalue weighted by atomic mass is 9.93. The Kier molecular flexibility index (Phi) is 2.88. The molecular formula is C13H25N. The highest BCUT2D eigenvalue weighted by Gasteiger charge is 2.43. The van der Waals surface area contributed by atoms with Crippen molar-refractivity contribution >= 4 is 0 Å². The molecule has 1 heterocycles. The van der Waals surface area contributed by atoms with Crippen LogP contribution in [0.4, 0.5) is 0 Å². The molecular weight excluding hydrogens is 170 g/mol. The third kappa shape index (κ3) is 1.84. The van der Waals surface area contributed by atoms with E-state index in [0.29, 0.717) is 5.54 Å². The predicted octanol–water partition coefficient (Wildman–Crippen LogP) is 3.44. The maximum atomic E-state index is 2.80. The number of nitrogens with zero attached hydrogens (tertiary/aromatic N) is 1. The van der Waals surface area contributed by atoms with Crippen LogP contribution >= 0.6 is 0 Å². The van der Waals surface area contributed by atoms with Crippen LogP contribution in [0.25, 0.3) is 0 Å². The van der Waals surface area contributed by atoms with Gasteiger partial charge in [0, 0.05) is 18.1 Å². The first-order valence-corrected chi connectivity index (χ1v) is 6.40. The molecule has 0 N–H and O–H groups in total. The average Bonchev–Trinajstić information content (AvgIpc) is 2.75. The molecule has 0 amide bonds. The number of unbranched alkanes of at least 4 members (excludes halogenated alkanes) is 1.